The Kier molecular flexibility index (Phi) is 7.40. The van der Waals surface area contributed by atoms with E-state index < -0.39 is 20.9 Å². The second-order valence-corrected chi connectivity index (χ2v) is 9.15. The fraction of sp³-hybridized carbons (Fsp3) is 0.588. The quantitative estimate of drug-likeness (QED) is 0.663. The zero-order valence-corrected chi connectivity index (χ0v) is 15.8. The van der Waals surface area contributed by atoms with Gasteiger partial charge in [-0.15, -0.1) is 0 Å². The molecule has 0 aliphatic heterocycles. The Morgan fingerprint density at radius 1 is 1.28 bits per heavy atom. The minimum absolute atomic E-state index is 0.328. The summed E-state index contributed by atoms with van der Waals surface area (Å²) in [5, 5.41) is 15.6. The molecule has 1 fully saturated rings. The van der Waals surface area contributed by atoms with Crippen molar-refractivity contribution in [3.05, 3.63) is 35.9 Å². The van der Waals surface area contributed by atoms with Gasteiger partial charge in [0.15, 0.2) is 0 Å². The highest BCUT2D eigenvalue weighted by Crippen LogP contribution is 2.45. The first-order valence-electron chi connectivity index (χ1n) is 8.10. The van der Waals surface area contributed by atoms with Gasteiger partial charge in [0.2, 0.25) is 10.0 Å². The molecule has 1 saturated carbocycles. The van der Waals surface area contributed by atoms with E-state index in [-0.39, 0.29) is 5.54 Å². The number of benzene rings is 1. The molecule has 0 atom stereocenters. The summed E-state index contributed by atoms with van der Waals surface area (Å²) in [6.07, 6.45) is 0.859. The van der Waals surface area contributed by atoms with Crippen molar-refractivity contribution in [1.82, 2.24) is 5.32 Å². The summed E-state index contributed by atoms with van der Waals surface area (Å²) in [6.45, 7) is 6.33. The molecule has 7 nitrogen and oxygen atoms in total. The molecule has 0 saturated heterocycles. The van der Waals surface area contributed by atoms with Crippen LogP contribution in [0.1, 0.15) is 45.6 Å². The molecular weight excluding hydrogens is 344 g/mol. The van der Waals surface area contributed by atoms with E-state index in [9.17, 15) is 13.2 Å². The third-order valence-corrected chi connectivity index (χ3v) is 5.53. The molecule has 0 spiro atoms. The minimum atomic E-state index is -3.42. The van der Waals surface area contributed by atoms with E-state index in [0.717, 1.165) is 5.56 Å². The van der Waals surface area contributed by atoms with Crippen molar-refractivity contribution < 1.29 is 23.1 Å². The lowest BCUT2D eigenvalue weighted by Gasteiger charge is -2.16. The summed E-state index contributed by atoms with van der Waals surface area (Å²) >= 11 is 0. The average molecular weight is 372 g/mol. The molecule has 0 heterocycles. The van der Waals surface area contributed by atoms with E-state index in [4.69, 9.17) is 15.0 Å². The Balaban J connectivity index is 0.000000333. The van der Waals surface area contributed by atoms with Gasteiger partial charge in [0, 0.05) is 12.1 Å². The molecule has 0 radical (unpaired) electrons. The van der Waals surface area contributed by atoms with Crippen LogP contribution in [0.3, 0.4) is 0 Å². The van der Waals surface area contributed by atoms with E-state index in [2.05, 4.69) is 5.32 Å². The fourth-order valence-corrected chi connectivity index (χ4v) is 3.20. The third kappa shape index (κ3) is 8.33. The Morgan fingerprint density at radius 2 is 1.84 bits per heavy atom. The van der Waals surface area contributed by atoms with Crippen molar-refractivity contribution >= 4 is 16.1 Å². The first kappa shape index (κ1) is 21.4. The van der Waals surface area contributed by atoms with Gasteiger partial charge in [0.05, 0.1) is 11.4 Å². The molecule has 0 unspecified atom stereocenters. The summed E-state index contributed by atoms with van der Waals surface area (Å²) in [7, 11) is -3.42. The van der Waals surface area contributed by atoms with Crippen LogP contribution >= 0.6 is 0 Å². The van der Waals surface area contributed by atoms with Gasteiger partial charge in [-0.1, -0.05) is 30.3 Å². The van der Waals surface area contributed by atoms with Crippen LogP contribution < -0.4 is 10.5 Å². The highest BCUT2D eigenvalue weighted by atomic mass is 32.2. The average Bonchev–Trinajstić information content (AvgIpc) is 3.23. The van der Waals surface area contributed by atoms with E-state index >= 15 is 0 Å². The van der Waals surface area contributed by atoms with Gasteiger partial charge in [0.25, 0.3) is 0 Å². The summed E-state index contributed by atoms with van der Waals surface area (Å²) < 4.78 is 27.4. The Hall–Kier alpha value is -1.64. The molecular formula is C17H28N2O5S. The molecule has 1 aromatic rings. The van der Waals surface area contributed by atoms with Crippen LogP contribution in [0.15, 0.2) is 30.3 Å². The SMILES string of the molecule is CC(C)(C)NC(=O)O.NS(=O)(=O)C1(CCOCc2ccccc2)CC1. The molecule has 1 aromatic carbocycles. The molecule has 25 heavy (non-hydrogen) atoms. The van der Waals surface area contributed by atoms with Crippen molar-refractivity contribution in [3.8, 4) is 0 Å². The van der Waals surface area contributed by atoms with Crippen LogP contribution in [0.25, 0.3) is 0 Å². The van der Waals surface area contributed by atoms with E-state index in [1.165, 1.54) is 0 Å². The number of rotatable bonds is 6. The predicted octanol–water partition coefficient (Wildman–Crippen LogP) is 2.47. The van der Waals surface area contributed by atoms with Crippen molar-refractivity contribution in [3.63, 3.8) is 0 Å². The lowest BCUT2D eigenvalue weighted by Crippen LogP contribution is -2.39. The molecule has 2 rings (SSSR count). The zero-order valence-electron chi connectivity index (χ0n) is 15.0. The molecule has 8 heteroatoms. The monoisotopic (exact) mass is 372 g/mol. The summed E-state index contributed by atoms with van der Waals surface area (Å²) in [5.74, 6) is 0. The molecule has 0 aromatic heterocycles. The summed E-state index contributed by atoms with van der Waals surface area (Å²) in [4.78, 5) is 9.90. The van der Waals surface area contributed by atoms with Crippen LogP contribution in [-0.4, -0.2) is 36.5 Å². The van der Waals surface area contributed by atoms with Gasteiger partial charge in [-0.05, 0) is 45.6 Å². The number of nitrogens with one attached hydrogen (secondary N) is 1. The van der Waals surface area contributed by atoms with Crippen LogP contribution in [0.2, 0.25) is 0 Å². The second-order valence-electron chi connectivity index (χ2n) is 7.20. The van der Waals surface area contributed by atoms with Crippen LogP contribution in [0.4, 0.5) is 4.79 Å². The molecule has 1 aliphatic rings. The molecule has 4 N–H and O–H groups in total. The zero-order chi connectivity index (χ0) is 19.1. The minimum Gasteiger partial charge on any atom is -0.465 e. The highest BCUT2D eigenvalue weighted by Gasteiger charge is 2.52. The number of carboxylic acid groups (broad SMARTS) is 1. The third-order valence-electron chi connectivity index (χ3n) is 3.71. The van der Waals surface area contributed by atoms with Crippen molar-refractivity contribution in [1.29, 1.82) is 0 Å². The maximum absolute atomic E-state index is 11.3. The van der Waals surface area contributed by atoms with E-state index in [1.807, 2.05) is 30.3 Å². The van der Waals surface area contributed by atoms with Crippen molar-refractivity contribution in [2.24, 2.45) is 5.14 Å². The molecule has 142 valence electrons. The molecule has 1 amide bonds. The Morgan fingerprint density at radius 3 is 2.20 bits per heavy atom. The fourth-order valence-electron chi connectivity index (χ4n) is 2.16. The Labute approximate surface area is 149 Å². The van der Waals surface area contributed by atoms with Crippen molar-refractivity contribution in [2.75, 3.05) is 6.61 Å². The van der Waals surface area contributed by atoms with Gasteiger partial charge in [-0.3, -0.25) is 0 Å². The smallest absolute Gasteiger partial charge is 0.405 e. The second kappa shape index (κ2) is 8.64. The maximum atomic E-state index is 11.3. The van der Waals surface area contributed by atoms with Gasteiger partial charge < -0.3 is 15.2 Å². The van der Waals surface area contributed by atoms with E-state index in [1.54, 1.807) is 20.8 Å². The van der Waals surface area contributed by atoms with E-state index in [0.29, 0.717) is 32.5 Å². The van der Waals surface area contributed by atoms with Gasteiger partial charge in [-0.25, -0.2) is 18.4 Å². The first-order valence-corrected chi connectivity index (χ1v) is 9.65. The number of ether oxygens (including phenoxy) is 1. The highest BCUT2D eigenvalue weighted by molar-refractivity contribution is 7.90. The number of amides is 1. The van der Waals surface area contributed by atoms with Gasteiger partial charge in [0.1, 0.15) is 0 Å². The van der Waals surface area contributed by atoms with Crippen LogP contribution in [-0.2, 0) is 21.4 Å². The lowest BCUT2D eigenvalue weighted by atomic mass is 10.1. The summed E-state index contributed by atoms with van der Waals surface area (Å²) in [5.41, 5.74) is 0.763. The molecule has 0 bridgehead atoms. The van der Waals surface area contributed by atoms with Crippen LogP contribution in [0.5, 0.6) is 0 Å². The number of hydrogen-bond acceptors (Lipinski definition) is 4. The topological polar surface area (TPSA) is 119 Å². The number of carbonyl (C=O) groups is 1. The predicted molar refractivity (Wildman–Crippen MR) is 96.7 cm³/mol. The first-order chi connectivity index (χ1) is 11.5. The largest absolute Gasteiger partial charge is 0.465 e. The van der Waals surface area contributed by atoms with Crippen LogP contribution in [0, 0.1) is 0 Å². The lowest BCUT2D eigenvalue weighted by molar-refractivity contribution is 0.116. The van der Waals surface area contributed by atoms with Gasteiger partial charge >= 0.3 is 6.09 Å². The number of hydrogen-bond donors (Lipinski definition) is 3. The standard InChI is InChI=1S/C12H17NO3S.C5H11NO2/c13-17(14,15)12(6-7-12)8-9-16-10-11-4-2-1-3-5-11;1-5(2,3)6-4(7)8/h1-5H,6-10H2,(H2,13,14,15);6H,1-3H3,(H,7,8). The number of primary sulfonamides is 1. The van der Waals surface area contributed by atoms with Gasteiger partial charge in [-0.2, -0.15) is 0 Å². The normalized spacial score (nSPS) is 15.7. The number of sulfonamides is 1. The summed E-state index contributed by atoms with van der Waals surface area (Å²) in [6, 6.07) is 9.81. The Bertz CT molecular complexity index is 649. The van der Waals surface area contributed by atoms with Crippen molar-refractivity contribution in [2.45, 2.75) is 56.9 Å². The maximum Gasteiger partial charge on any atom is 0.405 e. The molecule has 1 aliphatic carbocycles. The number of nitrogens with two attached hydrogens (primary N) is 1.